The van der Waals surface area contributed by atoms with Crippen molar-refractivity contribution >= 4 is 5.69 Å². The first-order valence-corrected chi connectivity index (χ1v) is 6.91. The van der Waals surface area contributed by atoms with Gasteiger partial charge < -0.3 is 14.4 Å². The van der Waals surface area contributed by atoms with Crippen molar-refractivity contribution in [1.29, 1.82) is 0 Å². The molecule has 0 aliphatic carbocycles. The maximum absolute atomic E-state index is 5.53. The van der Waals surface area contributed by atoms with Crippen molar-refractivity contribution in [3.05, 3.63) is 36.1 Å². The zero-order chi connectivity index (χ0) is 12.2. The lowest BCUT2D eigenvalue weighted by atomic mass is 10.1. The third kappa shape index (κ3) is 2.68. The van der Waals surface area contributed by atoms with Gasteiger partial charge >= 0.3 is 0 Å². The molecule has 18 heavy (non-hydrogen) atoms. The van der Waals surface area contributed by atoms with Crippen LogP contribution in [0.1, 0.15) is 31.2 Å². The summed E-state index contributed by atoms with van der Waals surface area (Å²) >= 11 is 0. The van der Waals surface area contributed by atoms with Gasteiger partial charge in [-0.15, -0.1) is 0 Å². The van der Waals surface area contributed by atoms with Gasteiger partial charge in [-0.3, -0.25) is 0 Å². The normalized spacial score (nSPS) is 22.1. The predicted octanol–water partition coefficient (Wildman–Crippen LogP) is 2.95. The van der Waals surface area contributed by atoms with E-state index in [1.165, 1.54) is 38.0 Å². The standard InChI is InChI=1S/C15H20NO2/c1-2-9-16(10-3-1)14-7-5-13(6-8-14)15-17-11-4-12-18-15/h5-8H,1-4,9-12H2. The van der Waals surface area contributed by atoms with Crippen molar-refractivity contribution in [3.8, 4) is 0 Å². The largest absolute Gasteiger partial charge is 0.372 e. The zero-order valence-electron chi connectivity index (χ0n) is 10.7. The van der Waals surface area contributed by atoms with Gasteiger partial charge in [-0.05, 0) is 37.8 Å². The molecule has 2 heterocycles. The zero-order valence-corrected chi connectivity index (χ0v) is 10.7. The van der Waals surface area contributed by atoms with Crippen LogP contribution in [0.15, 0.2) is 24.3 Å². The van der Waals surface area contributed by atoms with Crippen LogP contribution in [0.4, 0.5) is 5.69 Å². The van der Waals surface area contributed by atoms with E-state index >= 15 is 0 Å². The number of hydrogen-bond acceptors (Lipinski definition) is 3. The molecule has 2 aliphatic heterocycles. The first-order chi connectivity index (χ1) is 8.93. The Kier molecular flexibility index (Phi) is 3.81. The van der Waals surface area contributed by atoms with Gasteiger partial charge in [-0.1, -0.05) is 12.1 Å². The highest BCUT2D eigenvalue weighted by atomic mass is 16.7. The molecule has 1 aromatic rings. The van der Waals surface area contributed by atoms with Gasteiger partial charge in [-0.25, -0.2) is 0 Å². The lowest BCUT2D eigenvalue weighted by Crippen LogP contribution is -2.29. The van der Waals surface area contributed by atoms with Crippen LogP contribution in [-0.2, 0) is 9.47 Å². The van der Waals surface area contributed by atoms with Crippen molar-refractivity contribution in [2.45, 2.75) is 25.7 Å². The monoisotopic (exact) mass is 246 g/mol. The van der Waals surface area contributed by atoms with E-state index in [0.29, 0.717) is 6.29 Å². The van der Waals surface area contributed by atoms with Crippen LogP contribution in [0.5, 0.6) is 0 Å². The summed E-state index contributed by atoms with van der Waals surface area (Å²) in [6.45, 7) is 3.90. The number of rotatable bonds is 2. The van der Waals surface area contributed by atoms with Crippen molar-refractivity contribution in [2.75, 3.05) is 31.2 Å². The Labute approximate surface area is 109 Å². The summed E-state index contributed by atoms with van der Waals surface area (Å²) in [6.07, 6.45) is 5.66. The molecule has 0 spiro atoms. The summed E-state index contributed by atoms with van der Waals surface area (Å²) in [7, 11) is 0. The van der Waals surface area contributed by atoms with E-state index in [9.17, 15) is 0 Å². The van der Waals surface area contributed by atoms with Crippen LogP contribution in [0, 0.1) is 6.29 Å². The molecule has 2 aliphatic rings. The minimum atomic E-state index is 0.687. The first kappa shape index (κ1) is 12.0. The minimum absolute atomic E-state index is 0.687. The molecule has 0 bridgehead atoms. The second kappa shape index (κ2) is 5.72. The topological polar surface area (TPSA) is 21.7 Å². The molecule has 3 nitrogen and oxygen atoms in total. The fourth-order valence-electron chi connectivity index (χ4n) is 2.56. The van der Waals surface area contributed by atoms with Crippen LogP contribution < -0.4 is 4.90 Å². The average molecular weight is 246 g/mol. The van der Waals surface area contributed by atoms with Crippen LogP contribution >= 0.6 is 0 Å². The molecule has 0 unspecified atom stereocenters. The summed E-state index contributed by atoms with van der Waals surface area (Å²) in [5.74, 6) is 0. The molecule has 1 radical (unpaired) electrons. The van der Waals surface area contributed by atoms with E-state index in [1.807, 2.05) is 0 Å². The highest BCUT2D eigenvalue weighted by Gasteiger charge is 2.19. The summed E-state index contributed by atoms with van der Waals surface area (Å²) in [5.41, 5.74) is 2.37. The quantitative estimate of drug-likeness (QED) is 0.801. The SMILES string of the molecule is c1cc(N2CCCCC2)ccc1[C]1OCCCO1. The molecule has 2 fully saturated rings. The second-order valence-corrected chi connectivity index (χ2v) is 4.93. The number of nitrogens with zero attached hydrogens (tertiary/aromatic N) is 1. The first-order valence-electron chi connectivity index (χ1n) is 6.91. The Morgan fingerprint density at radius 1 is 0.778 bits per heavy atom. The molecule has 0 atom stereocenters. The van der Waals surface area contributed by atoms with Crippen molar-refractivity contribution in [1.82, 2.24) is 0 Å². The average Bonchev–Trinajstić information content (AvgIpc) is 2.49. The Bertz CT molecular complexity index is 328. The van der Waals surface area contributed by atoms with E-state index in [1.54, 1.807) is 0 Å². The second-order valence-electron chi connectivity index (χ2n) is 4.93. The van der Waals surface area contributed by atoms with Crippen molar-refractivity contribution in [2.24, 2.45) is 0 Å². The molecule has 0 saturated carbocycles. The summed E-state index contributed by atoms with van der Waals surface area (Å²) in [4.78, 5) is 2.46. The highest BCUT2D eigenvalue weighted by Crippen LogP contribution is 2.25. The van der Waals surface area contributed by atoms with Crippen LogP contribution in [0.2, 0.25) is 0 Å². The fourth-order valence-corrected chi connectivity index (χ4v) is 2.56. The van der Waals surface area contributed by atoms with Crippen LogP contribution in [0.25, 0.3) is 0 Å². The Balaban J connectivity index is 1.67. The van der Waals surface area contributed by atoms with Gasteiger partial charge in [0.05, 0.1) is 13.2 Å². The van der Waals surface area contributed by atoms with Gasteiger partial charge in [0.25, 0.3) is 6.29 Å². The molecule has 1 aromatic carbocycles. The van der Waals surface area contributed by atoms with E-state index in [4.69, 9.17) is 9.47 Å². The third-order valence-electron chi connectivity index (χ3n) is 3.58. The maximum atomic E-state index is 5.53. The molecule has 97 valence electrons. The van der Waals surface area contributed by atoms with Crippen molar-refractivity contribution in [3.63, 3.8) is 0 Å². The third-order valence-corrected chi connectivity index (χ3v) is 3.58. The number of anilines is 1. The molecule has 3 heteroatoms. The summed E-state index contributed by atoms with van der Waals surface area (Å²) < 4.78 is 11.1. The molecule has 0 N–H and O–H groups in total. The molecule has 2 saturated heterocycles. The van der Waals surface area contributed by atoms with Crippen LogP contribution in [0.3, 0.4) is 0 Å². The van der Waals surface area contributed by atoms with Crippen LogP contribution in [-0.4, -0.2) is 26.3 Å². The van der Waals surface area contributed by atoms with E-state index in [-0.39, 0.29) is 0 Å². The number of ether oxygens (including phenoxy) is 2. The molecule has 0 aromatic heterocycles. The highest BCUT2D eigenvalue weighted by molar-refractivity contribution is 5.49. The summed E-state index contributed by atoms with van der Waals surface area (Å²) in [6, 6.07) is 8.55. The Morgan fingerprint density at radius 3 is 2.11 bits per heavy atom. The maximum Gasteiger partial charge on any atom is 0.256 e. The Hall–Kier alpha value is -1.06. The molecule has 0 amide bonds. The van der Waals surface area contributed by atoms with Gasteiger partial charge in [0.1, 0.15) is 0 Å². The molecular weight excluding hydrogens is 226 g/mol. The summed E-state index contributed by atoms with van der Waals surface area (Å²) in [5, 5.41) is 0. The molecular formula is C15H20NO2. The minimum Gasteiger partial charge on any atom is -0.372 e. The fraction of sp³-hybridized carbons (Fsp3) is 0.533. The number of hydrogen-bond donors (Lipinski definition) is 0. The smallest absolute Gasteiger partial charge is 0.256 e. The van der Waals surface area contributed by atoms with Crippen molar-refractivity contribution < 1.29 is 9.47 Å². The number of benzene rings is 1. The Morgan fingerprint density at radius 2 is 1.44 bits per heavy atom. The van der Waals surface area contributed by atoms with E-state index in [2.05, 4.69) is 29.2 Å². The van der Waals surface area contributed by atoms with Gasteiger partial charge in [0.15, 0.2) is 0 Å². The molecule has 3 rings (SSSR count). The van der Waals surface area contributed by atoms with Gasteiger partial charge in [-0.2, -0.15) is 0 Å². The lowest BCUT2D eigenvalue weighted by Gasteiger charge is -2.29. The van der Waals surface area contributed by atoms with E-state index < -0.39 is 0 Å². The lowest BCUT2D eigenvalue weighted by molar-refractivity contribution is -0.0697. The number of piperidine rings is 1. The van der Waals surface area contributed by atoms with Gasteiger partial charge in [0.2, 0.25) is 0 Å². The van der Waals surface area contributed by atoms with E-state index in [0.717, 1.165) is 25.2 Å². The predicted molar refractivity (Wildman–Crippen MR) is 71.4 cm³/mol. The van der Waals surface area contributed by atoms with Gasteiger partial charge in [0, 0.05) is 24.3 Å².